The first-order valence-corrected chi connectivity index (χ1v) is 7.51. The van der Waals surface area contributed by atoms with E-state index in [1.54, 1.807) is 12.1 Å². The molecular weight excluding hydrogens is 348 g/mol. The summed E-state index contributed by atoms with van der Waals surface area (Å²) in [5.74, 6) is -0.723. The molecule has 0 aliphatic heterocycles. The SMILES string of the molecule is CCNC(=O)C(=Cc1ccccc1)NC(=O)c1ccc(Br)o1. The fourth-order valence-corrected chi connectivity index (χ4v) is 2.06. The van der Waals surface area contributed by atoms with Gasteiger partial charge in [0, 0.05) is 6.54 Å². The average Bonchev–Trinajstić information content (AvgIpc) is 2.94. The van der Waals surface area contributed by atoms with Gasteiger partial charge in [-0.2, -0.15) is 0 Å². The van der Waals surface area contributed by atoms with Gasteiger partial charge >= 0.3 is 0 Å². The minimum Gasteiger partial charge on any atom is -0.444 e. The van der Waals surface area contributed by atoms with Crippen molar-refractivity contribution in [2.75, 3.05) is 6.54 Å². The van der Waals surface area contributed by atoms with Crippen LogP contribution in [0.3, 0.4) is 0 Å². The molecule has 22 heavy (non-hydrogen) atoms. The van der Waals surface area contributed by atoms with Crippen molar-refractivity contribution in [2.45, 2.75) is 6.92 Å². The highest BCUT2D eigenvalue weighted by Crippen LogP contribution is 2.14. The Morgan fingerprint density at radius 1 is 1.18 bits per heavy atom. The topological polar surface area (TPSA) is 71.3 Å². The van der Waals surface area contributed by atoms with Crippen LogP contribution < -0.4 is 10.6 Å². The lowest BCUT2D eigenvalue weighted by atomic mass is 10.2. The molecule has 2 N–H and O–H groups in total. The van der Waals surface area contributed by atoms with Crippen LogP contribution in [-0.4, -0.2) is 18.4 Å². The summed E-state index contributed by atoms with van der Waals surface area (Å²) in [7, 11) is 0. The fraction of sp³-hybridized carbons (Fsp3) is 0.125. The molecule has 0 aliphatic rings. The number of hydrogen-bond acceptors (Lipinski definition) is 3. The van der Waals surface area contributed by atoms with E-state index in [0.717, 1.165) is 5.56 Å². The quantitative estimate of drug-likeness (QED) is 0.803. The maximum atomic E-state index is 12.1. The van der Waals surface area contributed by atoms with Crippen LogP contribution in [0.1, 0.15) is 23.0 Å². The Balaban J connectivity index is 2.23. The van der Waals surface area contributed by atoms with Crippen LogP contribution in [0.15, 0.2) is 57.2 Å². The number of carbonyl (C=O) groups excluding carboxylic acids is 2. The largest absolute Gasteiger partial charge is 0.444 e. The molecule has 1 aromatic heterocycles. The molecule has 0 aliphatic carbocycles. The second-order valence-corrected chi connectivity index (χ2v) is 5.17. The van der Waals surface area contributed by atoms with Gasteiger partial charge in [0.2, 0.25) is 0 Å². The van der Waals surface area contributed by atoms with Gasteiger partial charge in [-0.05, 0) is 46.6 Å². The molecule has 5 nitrogen and oxygen atoms in total. The van der Waals surface area contributed by atoms with Crippen molar-refractivity contribution in [2.24, 2.45) is 0 Å². The second kappa shape index (κ2) is 7.61. The molecule has 0 fully saturated rings. The van der Waals surface area contributed by atoms with Gasteiger partial charge in [0.05, 0.1) is 0 Å². The smallest absolute Gasteiger partial charge is 0.291 e. The van der Waals surface area contributed by atoms with Crippen molar-refractivity contribution in [3.63, 3.8) is 0 Å². The normalized spacial score (nSPS) is 11.1. The van der Waals surface area contributed by atoms with Gasteiger partial charge in [0.25, 0.3) is 11.8 Å². The average molecular weight is 363 g/mol. The van der Waals surface area contributed by atoms with Crippen molar-refractivity contribution in [1.82, 2.24) is 10.6 Å². The molecule has 0 radical (unpaired) electrons. The van der Waals surface area contributed by atoms with Crippen LogP contribution in [0.25, 0.3) is 6.08 Å². The van der Waals surface area contributed by atoms with Gasteiger partial charge in [-0.3, -0.25) is 9.59 Å². The van der Waals surface area contributed by atoms with E-state index in [1.807, 2.05) is 37.3 Å². The van der Waals surface area contributed by atoms with Gasteiger partial charge in [0.1, 0.15) is 5.70 Å². The number of rotatable bonds is 5. The lowest BCUT2D eigenvalue weighted by Gasteiger charge is -2.09. The molecule has 1 aromatic carbocycles. The Morgan fingerprint density at radius 3 is 2.50 bits per heavy atom. The molecule has 1 heterocycles. The van der Waals surface area contributed by atoms with E-state index in [-0.39, 0.29) is 17.4 Å². The summed E-state index contributed by atoms with van der Waals surface area (Å²) in [5, 5.41) is 5.24. The molecule has 6 heteroatoms. The molecule has 2 rings (SSSR count). The van der Waals surface area contributed by atoms with E-state index in [9.17, 15) is 9.59 Å². The van der Waals surface area contributed by atoms with Crippen LogP contribution >= 0.6 is 15.9 Å². The summed E-state index contributed by atoms with van der Waals surface area (Å²) < 4.78 is 5.63. The van der Waals surface area contributed by atoms with Crippen LogP contribution in [0.2, 0.25) is 0 Å². The molecule has 0 unspecified atom stereocenters. The number of likely N-dealkylation sites (N-methyl/N-ethyl adjacent to an activating group) is 1. The predicted molar refractivity (Wildman–Crippen MR) is 87.0 cm³/mol. The van der Waals surface area contributed by atoms with E-state index < -0.39 is 5.91 Å². The summed E-state index contributed by atoms with van der Waals surface area (Å²) in [6, 6.07) is 12.4. The Hall–Kier alpha value is -2.34. The fourth-order valence-electron chi connectivity index (χ4n) is 1.75. The Morgan fingerprint density at radius 2 is 1.91 bits per heavy atom. The van der Waals surface area contributed by atoms with Crippen LogP contribution in [0.5, 0.6) is 0 Å². The summed E-state index contributed by atoms with van der Waals surface area (Å²) >= 11 is 3.13. The molecular formula is C16H15BrN2O3. The monoisotopic (exact) mass is 362 g/mol. The lowest BCUT2D eigenvalue weighted by Crippen LogP contribution is -2.34. The van der Waals surface area contributed by atoms with Gasteiger partial charge < -0.3 is 15.1 Å². The molecule has 0 saturated heterocycles. The van der Waals surface area contributed by atoms with Crippen LogP contribution in [-0.2, 0) is 4.79 Å². The minimum atomic E-state index is -0.487. The third kappa shape index (κ3) is 4.33. The maximum Gasteiger partial charge on any atom is 0.291 e. The summed E-state index contributed by atoms with van der Waals surface area (Å²) in [5.41, 5.74) is 0.968. The van der Waals surface area contributed by atoms with E-state index >= 15 is 0 Å². The van der Waals surface area contributed by atoms with Crippen molar-refractivity contribution < 1.29 is 14.0 Å². The van der Waals surface area contributed by atoms with Crippen molar-refractivity contribution >= 4 is 33.8 Å². The Kier molecular flexibility index (Phi) is 5.55. The highest BCUT2D eigenvalue weighted by atomic mass is 79.9. The number of nitrogens with one attached hydrogen (secondary N) is 2. The lowest BCUT2D eigenvalue weighted by molar-refractivity contribution is -0.117. The van der Waals surface area contributed by atoms with Crippen molar-refractivity contribution in [3.8, 4) is 0 Å². The summed E-state index contributed by atoms with van der Waals surface area (Å²) in [4.78, 5) is 24.2. The van der Waals surface area contributed by atoms with Gasteiger partial charge in [0.15, 0.2) is 10.4 Å². The van der Waals surface area contributed by atoms with E-state index in [0.29, 0.717) is 11.2 Å². The number of carbonyl (C=O) groups is 2. The number of furan rings is 1. The predicted octanol–water partition coefficient (Wildman–Crippen LogP) is 2.95. The number of hydrogen-bond donors (Lipinski definition) is 2. The molecule has 114 valence electrons. The first kappa shape index (κ1) is 16.0. The van der Waals surface area contributed by atoms with Crippen LogP contribution in [0, 0.1) is 0 Å². The van der Waals surface area contributed by atoms with Gasteiger partial charge in [-0.1, -0.05) is 30.3 Å². The second-order valence-electron chi connectivity index (χ2n) is 4.39. The number of benzene rings is 1. The highest BCUT2D eigenvalue weighted by Gasteiger charge is 2.16. The number of amides is 2. The van der Waals surface area contributed by atoms with E-state index in [4.69, 9.17) is 4.42 Å². The van der Waals surface area contributed by atoms with Crippen molar-refractivity contribution in [3.05, 3.63) is 64.2 Å². The van der Waals surface area contributed by atoms with Crippen LogP contribution in [0.4, 0.5) is 0 Å². The molecule has 2 aromatic rings. The zero-order valence-electron chi connectivity index (χ0n) is 11.9. The van der Waals surface area contributed by atoms with Gasteiger partial charge in [-0.15, -0.1) is 0 Å². The third-order valence-electron chi connectivity index (χ3n) is 2.74. The minimum absolute atomic E-state index is 0.120. The first-order valence-electron chi connectivity index (χ1n) is 6.71. The first-order chi connectivity index (χ1) is 10.6. The highest BCUT2D eigenvalue weighted by molar-refractivity contribution is 9.10. The number of halogens is 1. The summed E-state index contributed by atoms with van der Waals surface area (Å²) in [6.45, 7) is 2.27. The molecule has 0 spiro atoms. The third-order valence-corrected chi connectivity index (χ3v) is 3.16. The Labute approximate surface area is 136 Å². The van der Waals surface area contributed by atoms with Gasteiger partial charge in [-0.25, -0.2) is 0 Å². The van der Waals surface area contributed by atoms with Crippen molar-refractivity contribution in [1.29, 1.82) is 0 Å². The van der Waals surface area contributed by atoms with E-state index in [2.05, 4.69) is 26.6 Å². The zero-order chi connectivity index (χ0) is 15.9. The standard InChI is InChI=1S/C16H15BrN2O3/c1-2-18-15(20)12(10-11-6-4-3-5-7-11)19-16(21)13-8-9-14(17)22-13/h3-10H,2H2,1H3,(H,18,20)(H,19,21). The molecule has 0 atom stereocenters. The zero-order valence-corrected chi connectivity index (χ0v) is 13.5. The van der Waals surface area contributed by atoms with E-state index in [1.165, 1.54) is 6.07 Å². The summed E-state index contributed by atoms with van der Waals surface area (Å²) in [6.07, 6.45) is 1.61. The molecule has 0 saturated carbocycles. The Bertz CT molecular complexity index is 692. The molecule has 2 amide bonds. The maximum absolute atomic E-state index is 12.1. The molecule has 0 bridgehead atoms.